The summed E-state index contributed by atoms with van der Waals surface area (Å²) in [5, 5.41) is 3.72. The Labute approximate surface area is 111 Å². The standard InChI is InChI=1S/C17H25N/c1-2-16-17(12-13-18-16)10-8-15(9-11-17)14-6-4-3-5-7-14/h3-7,15-16,18H,2,8-13H2,1H3. The maximum Gasteiger partial charge on any atom is 0.0121 e. The molecule has 0 bridgehead atoms. The first-order chi connectivity index (χ1) is 8.84. The lowest BCUT2D eigenvalue weighted by Gasteiger charge is -2.41. The van der Waals surface area contributed by atoms with Gasteiger partial charge >= 0.3 is 0 Å². The van der Waals surface area contributed by atoms with Crippen molar-refractivity contribution in [3.63, 3.8) is 0 Å². The zero-order valence-electron chi connectivity index (χ0n) is 11.5. The summed E-state index contributed by atoms with van der Waals surface area (Å²) in [4.78, 5) is 0. The number of nitrogens with one attached hydrogen (secondary N) is 1. The van der Waals surface area contributed by atoms with Gasteiger partial charge in [0.1, 0.15) is 0 Å². The zero-order chi connectivity index (χ0) is 12.4. The Morgan fingerprint density at radius 1 is 1.11 bits per heavy atom. The lowest BCUT2D eigenvalue weighted by Crippen LogP contribution is -2.38. The highest BCUT2D eigenvalue weighted by Gasteiger charge is 2.43. The van der Waals surface area contributed by atoms with Crippen LogP contribution < -0.4 is 5.32 Å². The first kappa shape index (κ1) is 12.2. The van der Waals surface area contributed by atoms with Crippen LogP contribution in [0.4, 0.5) is 0 Å². The number of benzene rings is 1. The molecule has 0 amide bonds. The molecule has 1 aromatic carbocycles. The predicted molar refractivity (Wildman–Crippen MR) is 76.8 cm³/mol. The van der Waals surface area contributed by atoms with E-state index in [-0.39, 0.29) is 0 Å². The van der Waals surface area contributed by atoms with Crippen molar-refractivity contribution in [2.75, 3.05) is 6.54 Å². The molecule has 0 aromatic heterocycles. The van der Waals surface area contributed by atoms with Crippen molar-refractivity contribution in [1.29, 1.82) is 0 Å². The van der Waals surface area contributed by atoms with E-state index in [0.29, 0.717) is 5.41 Å². The minimum atomic E-state index is 0.639. The second kappa shape index (κ2) is 5.05. The highest BCUT2D eigenvalue weighted by atomic mass is 15.0. The molecule has 1 aliphatic carbocycles. The van der Waals surface area contributed by atoms with Gasteiger partial charge < -0.3 is 5.32 Å². The number of rotatable bonds is 2. The van der Waals surface area contributed by atoms with Gasteiger partial charge in [-0.15, -0.1) is 0 Å². The summed E-state index contributed by atoms with van der Waals surface area (Å²) in [7, 11) is 0. The van der Waals surface area contributed by atoms with Gasteiger partial charge in [-0.25, -0.2) is 0 Å². The Hall–Kier alpha value is -0.820. The molecule has 1 N–H and O–H groups in total. The van der Waals surface area contributed by atoms with Gasteiger partial charge in [0.25, 0.3) is 0 Å². The van der Waals surface area contributed by atoms with Crippen molar-refractivity contribution < 1.29 is 0 Å². The molecular weight excluding hydrogens is 218 g/mol. The number of hydrogen-bond acceptors (Lipinski definition) is 1. The van der Waals surface area contributed by atoms with Gasteiger partial charge in [-0.2, -0.15) is 0 Å². The van der Waals surface area contributed by atoms with E-state index in [0.717, 1.165) is 12.0 Å². The summed E-state index contributed by atoms with van der Waals surface area (Å²) in [5.74, 6) is 0.815. The molecule has 1 heterocycles. The third-order valence-electron chi connectivity index (χ3n) is 5.41. The molecule has 1 saturated heterocycles. The van der Waals surface area contributed by atoms with Crippen LogP contribution in [0.25, 0.3) is 0 Å². The molecule has 1 atom stereocenters. The maximum atomic E-state index is 3.72. The molecule has 2 fully saturated rings. The molecule has 2 aliphatic rings. The van der Waals surface area contributed by atoms with Crippen LogP contribution in [0.1, 0.15) is 56.9 Å². The quantitative estimate of drug-likeness (QED) is 0.824. The first-order valence-electron chi connectivity index (χ1n) is 7.62. The smallest absolute Gasteiger partial charge is 0.0121 e. The van der Waals surface area contributed by atoms with Gasteiger partial charge in [-0.05, 0) is 62.0 Å². The molecule has 18 heavy (non-hydrogen) atoms. The molecule has 1 aromatic rings. The van der Waals surface area contributed by atoms with Crippen LogP contribution in [0.5, 0.6) is 0 Å². The molecular formula is C17H25N. The Bertz CT molecular complexity index is 376. The van der Waals surface area contributed by atoms with E-state index in [1.807, 2.05) is 0 Å². The molecule has 3 rings (SSSR count). The van der Waals surface area contributed by atoms with Crippen molar-refractivity contribution in [1.82, 2.24) is 5.32 Å². The third kappa shape index (κ3) is 2.09. The van der Waals surface area contributed by atoms with E-state index in [1.54, 1.807) is 5.56 Å². The van der Waals surface area contributed by atoms with E-state index in [9.17, 15) is 0 Å². The molecule has 1 heteroatoms. The average molecular weight is 243 g/mol. The fraction of sp³-hybridized carbons (Fsp3) is 0.647. The third-order valence-corrected chi connectivity index (χ3v) is 5.41. The van der Waals surface area contributed by atoms with E-state index < -0.39 is 0 Å². The minimum Gasteiger partial charge on any atom is -0.313 e. The van der Waals surface area contributed by atoms with Crippen LogP contribution in [-0.4, -0.2) is 12.6 Å². The second-order valence-electron chi connectivity index (χ2n) is 6.21. The van der Waals surface area contributed by atoms with E-state index in [2.05, 4.69) is 42.6 Å². The fourth-order valence-electron chi connectivity index (χ4n) is 4.31. The first-order valence-corrected chi connectivity index (χ1v) is 7.62. The molecule has 1 nitrogen and oxygen atoms in total. The molecule has 1 spiro atoms. The van der Waals surface area contributed by atoms with E-state index in [4.69, 9.17) is 0 Å². The van der Waals surface area contributed by atoms with Crippen molar-refractivity contribution in [3.05, 3.63) is 35.9 Å². The molecule has 1 saturated carbocycles. The van der Waals surface area contributed by atoms with Gasteiger partial charge in [-0.3, -0.25) is 0 Å². The Morgan fingerprint density at radius 3 is 2.50 bits per heavy atom. The van der Waals surface area contributed by atoms with Crippen molar-refractivity contribution in [2.24, 2.45) is 5.41 Å². The monoisotopic (exact) mass is 243 g/mol. The summed E-state index contributed by atoms with van der Waals surface area (Å²) < 4.78 is 0. The molecule has 1 unspecified atom stereocenters. The topological polar surface area (TPSA) is 12.0 Å². The fourth-order valence-corrected chi connectivity index (χ4v) is 4.31. The Kier molecular flexibility index (Phi) is 3.43. The van der Waals surface area contributed by atoms with Crippen LogP contribution in [0.3, 0.4) is 0 Å². The minimum absolute atomic E-state index is 0.639. The van der Waals surface area contributed by atoms with Crippen LogP contribution in [0.15, 0.2) is 30.3 Å². The van der Waals surface area contributed by atoms with E-state index >= 15 is 0 Å². The Balaban J connectivity index is 1.68. The zero-order valence-corrected chi connectivity index (χ0v) is 11.5. The van der Waals surface area contributed by atoms with Crippen LogP contribution in [-0.2, 0) is 0 Å². The van der Waals surface area contributed by atoms with Crippen LogP contribution >= 0.6 is 0 Å². The summed E-state index contributed by atoms with van der Waals surface area (Å²) in [5.41, 5.74) is 2.20. The van der Waals surface area contributed by atoms with Crippen LogP contribution in [0, 0.1) is 5.41 Å². The van der Waals surface area contributed by atoms with Crippen molar-refractivity contribution in [3.8, 4) is 0 Å². The van der Waals surface area contributed by atoms with Gasteiger partial charge in [-0.1, -0.05) is 37.3 Å². The lowest BCUT2D eigenvalue weighted by molar-refractivity contribution is 0.148. The molecule has 0 radical (unpaired) electrons. The average Bonchev–Trinajstić information content (AvgIpc) is 2.83. The van der Waals surface area contributed by atoms with Gasteiger partial charge in [0.15, 0.2) is 0 Å². The largest absolute Gasteiger partial charge is 0.313 e. The molecule has 1 aliphatic heterocycles. The lowest BCUT2D eigenvalue weighted by atomic mass is 9.65. The van der Waals surface area contributed by atoms with Gasteiger partial charge in [0.2, 0.25) is 0 Å². The second-order valence-corrected chi connectivity index (χ2v) is 6.21. The van der Waals surface area contributed by atoms with Crippen molar-refractivity contribution in [2.45, 2.75) is 57.4 Å². The highest BCUT2D eigenvalue weighted by Crippen LogP contribution is 2.49. The highest BCUT2D eigenvalue weighted by molar-refractivity contribution is 5.20. The summed E-state index contributed by atoms with van der Waals surface area (Å²) in [6.07, 6.45) is 8.35. The van der Waals surface area contributed by atoms with E-state index in [1.165, 1.54) is 45.1 Å². The number of hydrogen-bond donors (Lipinski definition) is 1. The van der Waals surface area contributed by atoms with Gasteiger partial charge in [0, 0.05) is 6.04 Å². The van der Waals surface area contributed by atoms with Gasteiger partial charge in [0.05, 0.1) is 0 Å². The van der Waals surface area contributed by atoms with Crippen molar-refractivity contribution >= 4 is 0 Å². The Morgan fingerprint density at radius 2 is 1.83 bits per heavy atom. The predicted octanol–water partition coefficient (Wildman–Crippen LogP) is 4.10. The SMILES string of the molecule is CCC1NCCC12CCC(c1ccccc1)CC2. The summed E-state index contributed by atoms with van der Waals surface area (Å²) in [6.45, 7) is 3.59. The molecule has 98 valence electrons. The maximum absolute atomic E-state index is 3.72. The van der Waals surface area contributed by atoms with Crippen LogP contribution in [0.2, 0.25) is 0 Å². The normalized spacial score (nSPS) is 36.1. The summed E-state index contributed by atoms with van der Waals surface area (Å²) >= 11 is 0. The summed E-state index contributed by atoms with van der Waals surface area (Å²) in [6, 6.07) is 11.9.